The van der Waals surface area contributed by atoms with Crippen LogP contribution in [0.2, 0.25) is 0 Å². The molecule has 1 N–H and O–H groups in total. The van der Waals surface area contributed by atoms with Gasteiger partial charge in [0.05, 0.1) is 18.1 Å². The summed E-state index contributed by atoms with van der Waals surface area (Å²) in [5.41, 5.74) is 0.807. The molecule has 0 aromatic carbocycles. The van der Waals surface area contributed by atoms with Gasteiger partial charge < -0.3 is 9.67 Å². The number of hydrogen-bond donors (Lipinski definition) is 1. The van der Waals surface area contributed by atoms with Gasteiger partial charge in [0.2, 0.25) is 0 Å². The fourth-order valence-corrected chi connectivity index (χ4v) is 2.17. The molecule has 0 unspecified atom stereocenters. The first-order valence-electron chi connectivity index (χ1n) is 5.27. The highest BCUT2D eigenvalue weighted by Crippen LogP contribution is 2.22. The maximum absolute atomic E-state index is 10.6. The lowest BCUT2D eigenvalue weighted by molar-refractivity contribution is -0.133. The predicted octanol–water partition coefficient (Wildman–Crippen LogP) is 0.932. The van der Waals surface area contributed by atoms with Crippen LogP contribution in [0.4, 0.5) is 0 Å². The van der Waals surface area contributed by atoms with Crippen LogP contribution in [-0.4, -0.2) is 41.8 Å². The molecule has 0 aliphatic heterocycles. The fraction of sp³-hybridized carbons (Fsp3) is 0.300. The summed E-state index contributed by atoms with van der Waals surface area (Å²) in [6.07, 6.45) is 3.18. The van der Waals surface area contributed by atoms with Gasteiger partial charge in [-0.25, -0.2) is 0 Å². The Morgan fingerprint density at radius 3 is 2.89 bits per heavy atom. The van der Waals surface area contributed by atoms with Crippen LogP contribution in [-0.2, 0) is 11.3 Å². The van der Waals surface area contributed by atoms with Crippen molar-refractivity contribution in [1.82, 2.24) is 25.0 Å². The van der Waals surface area contributed by atoms with Crippen molar-refractivity contribution in [1.29, 1.82) is 0 Å². The van der Waals surface area contributed by atoms with Gasteiger partial charge in [0.25, 0.3) is 0 Å². The molecule has 2 rings (SSSR count). The maximum atomic E-state index is 10.6. The van der Waals surface area contributed by atoms with E-state index >= 15 is 0 Å². The van der Waals surface area contributed by atoms with Crippen molar-refractivity contribution in [3.63, 3.8) is 0 Å². The Morgan fingerprint density at radius 1 is 1.44 bits per heavy atom. The minimum Gasteiger partial charge on any atom is -0.481 e. The first-order chi connectivity index (χ1) is 8.72. The third kappa shape index (κ3) is 2.65. The van der Waals surface area contributed by atoms with E-state index < -0.39 is 5.97 Å². The van der Waals surface area contributed by atoms with E-state index in [2.05, 4.69) is 20.4 Å². The van der Waals surface area contributed by atoms with Crippen molar-refractivity contribution in [2.75, 3.05) is 5.75 Å². The Labute approximate surface area is 107 Å². The summed E-state index contributed by atoms with van der Waals surface area (Å²) in [6.45, 7) is 2.61. The van der Waals surface area contributed by atoms with Crippen LogP contribution in [0, 0.1) is 0 Å². The summed E-state index contributed by atoms with van der Waals surface area (Å²) in [7, 11) is 0. The fourth-order valence-electron chi connectivity index (χ4n) is 1.44. The molecular formula is C10H11N5O2S. The molecule has 0 saturated carbocycles. The standard InChI is InChI=1S/C10H11N5O2S/c1-2-15-9(7-3-4-11-12-5-7)13-14-10(15)18-6-8(16)17/h3-5H,2,6H2,1H3,(H,16,17). The summed E-state index contributed by atoms with van der Waals surface area (Å²) >= 11 is 1.15. The number of rotatable bonds is 5. The highest BCUT2D eigenvalue weighted by atomic mass is 32.2. The zero-order valence-corrected chi connectivity index (χ0v) is 10.5. The average Bonchev–Trinajstić information content (AvgIpc) is 2.80. The molecule has 94 valence electrons. The molecule has 8 heteroatoms. The first kappa shape index (κ1) is 12.5. The molecule has 0 aliphatic rings. The molecule has 0 radical (unpaired) electrons. The van der Waals surface area contributed by atoms with Crippen molar-refractivity contribution in [2.45, 2.75) is 18.6 Å². The maximum Gasteiger partial charge on any atom is 0.313 e. The highest BCUT2D eigenvalue weighted by molar-refractivity contribution is 7.99. The van der Waals surface area contributed by atoms with Gasteiger partial charge in [-0.15, -0.1) is 10.2 Å². The normalized spacial score (nSPS) is 10.5. The molecule has 2 aromatic rings. The van der Waals surface area contributed by atoms with Crippen molar-refractivity contribution in [3.8, 4) is 11.4 Å². The van der Waals surface area contributed by atoms with Crippen molar-refractivity contribution < 1.29 is 9.90 Å². The van der Waals surface area contributed by atoms with Gasteiger partial charge >= 0.3 is 5.97 Å². The molecular weight excluding hydrogens is 254 g/mol. The monoisotopic (exact) mass is 265 g/mol. The van der Waals surface area contributed by atoms with Gasteiger partial charge in [-0.2, -0.15) is 10.2 Å². The van der Waals surface area contributed by atoms with Crippen LogP contribution in [0.25, 0.3) is 11.4 Å². The summed E-state index contributed by atoms with van der Waals surface area (Å²) in [4.78, 5) is 10.6. The van der Waals surface area contributed by atoms with E-state index in [4.69, 9.17) is 5.11 Å². The predicted molar refractivity (Wildman–Crippen MR) is 65.1 cm³/mol. The quantitative estimate of drug-likeness (QED) is 0.804. The second kappa shape index (κ2) is 5.58. The second-order valence-corrected chi connectivity index (χ2v) is 4.31. The van der Waals surface area contributed by atoms with Gasteiger partial charge in [0.15, 0.2) is 11.0 Å². The van der Waals surface area contributed by atoms with E-state index in [1.54, 1.807) is 18.5 Å². The minimum atomic E-state index is -0.877. The number of aliphatic carboxylic acids is 1. The van der Waals surface area contributed by atoms with Gasteiger partial charge in [-0.1, -0.05) is 11.8 Å². The molecule has 0 saturated heterocycles. The largest absolute Gasteiger partial charge is 0.481 e. The first-order valence-corrected chi connectivity index (χ1v) is 6.25. The van der Waals surface area contributed by atoms with Gasteiger partial charge in [-0.3, -0.25) is 4.79 Å². The lowest BCUT2D eigenvalue weighted by Crippen LogP contribution is -2.03. The molecule has 0 atom stereocenters. The van der Waals surface area contributed by atoms with Gasteiger partial charge in [0, 0.05) is 12.1 Å². The van der Waals surface area contributed by atoms with Gasteiger partial charge in [-0.05, 0) is 13.0 Å². The number of carbonyl (C=O) groups is 1. The highest BCUT2D eigenvalue weighted by Gasteiger charge is 2.14. The lowest BCUT2D eigenvalue weighted by atomic mass is 10.3. The molecule has 0 bridgehead atoms. The third-order valence-electron chi connectivity index (χ3n) is 2.20. The summed E-state index contributed by atoms with van der Waals surface area (Å²) in [5.74, 6) is -0.245. The van der Waals surface area contributed by atoms with E-state index in [9.17, 15) is 4.79 Å². The number of hydrogen-bond acceptors (Lipinski definition) is 6. The summed E-state index contributed by atoms with van der Waals surface area (Å²) < 4.78 is 1.85. The molecule has 0 amide bonds. The topological polar surface area (TPSA) is 93.8 Å². The van der Waals surface area contributed by atoms with E-state index in [1.165, 1.54) is 0 Å². The third-order valence-corrected chi connectivity index (χ3v) is 3.15. The molecule has 18 heavy (non-hydrogen) atoms. The summed E-state index contributed by atoms with van der Waals surface area (Å²) in [6, 6.07) is 1.79. The van der Waals surface area contributed by atoms with Crippen molar-refractivity contribution in [2.24, 2.45) is 0 Å². The molecule has 0 spiro atoms. The number of carboxylic acid groups (broad SMARTS) is 1. The van der Waals surface area contributed by atoms with Crippen LogP contribution in [0.3, 0.4) is 0 Å². The van der Waals surface area contributed by atoms with E-state index in [0.717, 1.165) is 17.3 Å². The van der Waals surface area contributed by atoms with Crippen molar-refractivity contribution >= 4 is 17.7 Å². The Hall–Kier alpha value is -1.96. The van der Waals surface area contributed by atoms with E-state index in [0.29, 0.717) is 17.5 Å². The SMILES string of the molecule is CCn1c(SCC(=O)O)nnc1-c1ccnnc1. The molecule has 0 aliphatic carbocycles. The molecule has 2 heterocycles. The molecule has 0 fully saturated rings. The lowest BCUT2D eigenvalue weighted by Gasteiger charge is -2.05. The second-order valence-electron chi connectivity index (χ2n) is 3.36. The van der Waals surface area contributed by atoms with Gasteiger partial charge in [0.1, 0.15) is 0 Å². The Bertz CT molecular complexity index is 542. The smallest absolute Gasteiger partial charge is 0.313 e. The minimum absolute atomic E-state index is 0.0350. The van der Waals surface area contributed by atoms with E-state index in [-0.39, 0.29) is 5.75 Å². The number of nitrogens with zero attached hydrogens (tertiary/aromatic N) is 5. The van der Waals surface area contributed by atoms with Crippen LogP contribution < -0.4 is 0 Å². The number of aromatic nitrogens is 5. The van der Waals surface area contributed by atoms with Crippen molar-refractivity contribution in [3.05, 3.63) is 18.5 Å². The molecule has 2 aromatic heterocycles. The van der Waals surface area contributed by atoms with Crippen LogP contribution in [0.15, 0.2) is 23.6 Å². The summed E-state index contributed by atoms with van der Waals surface area (Å²) in [5, 5.41) is 24.8. The van der Waals surface area contributed by atoms with Crippen LogP contribution >= 0.6 is 11.8 Å². The average molecular weight is 265 g/mol. The molecule has 7 nitrogen and oxygen atoms in total. The van der Waals surface area contributed by atoms with E-state index in [1.807, 2.05) is 11.5 Å². The Balaban J connectivity index is 2.30. The number of carboxylic acids is 1. The van der Waals surface area contributed by atoms with Crippen LogP contribution in [0.5, 0.6) is 0 Å². The Kier molecular flexibility index (Phi) is 3.88. The Morgan fingerprint density at radius 2 is 2.28 bits per heavy atom. The zero-order valence-electron chi connectivity index (χ0n) is 9.65. The number of thioether (sulfide) groups is 1. The van der Waals surface area contributed by atoms with Crippen LogP contribution in [0.1, 0.15) is 6.92 Å². The zero-order chi connectivity index (χ0) is 13.0.